The first-order chi connectivity index (χ1) is 10.7. The fourth-order valence-corrected chi connectivity index (χ4v) is 201. The fourth-order valence-electron chi connectivity index (χ4n) is 5.74. The number of rotatable bonds is 8. The zero-order chi connectivity index (χ0) is 17.8. The summed E-state index contributed by atoms with van der Waals surface area (Å²) in [4.78, 5) is 1.57. The third-order valence-electron chi connectivity index (χ3n) is 8.23. The highest BCUT2D eigenvalue weighted by Crippen LogP contribution is 2.34. The molecule has 138 valence electrons. The molecule has 0 nitrogen and oxygen atoms in total. The lowest BCUT2D eigenvalue weighted by Crippen LogP contribution is -2.75. The van der Waals surface area contributed by atoms with Crippen LogP contribution >= 0.6 is 0 Å². The second-order valence-electron chi connectivity index (χ2n) is 9.69. The van der Waals surface area contributed by atoms with Crippen LogP contribution in [0.25, 0.3) is 0 Å². The molecule has 0 aromatic carbocycles. The minimum atomic E-state index is -0.613. The minimum absolute atomic E-state index is 0.114. The molecule has 0 N–H and O–H groups in total. The van der Waals surface area contributed by atoms with Crippen molar-refractivity contribution in [2.45, 2.75) is 74.0 Å². The van der Waals surface area contributed by atoms with Crippen molar-refractivity contribution in [1.29, 1.82) is 0 Å². The highest BCUT2D eigenvalue weighted by molar-refractivity contribution is 7.83. The molecule has 1 aliphatic heterocycles. The molecule has 0 bridgehead atoms. The first kappa shape index (κ1) is 23.4. The maximum absolute atomic E-state index is 3.06. The molecule has 23 heavy (non-hydrogen) atoms. The van der Waals surface area contributed by atoms with Crippen molar-refractivity contribution in [2.75, 3.05) is 0 Å². The quantitative estimate of drug-likeness (QED) is 0.333. The van der Waals surface area contributed by atoms with Crippen molar-refractivity contribution < 1.29 is 0 Å². The molecule has 0 aliphatic carbocycles. The van der Waals surface area contributed by atoms with Crippen LogP contribution in [0.15, 0.2) is 0 Å². The Labute approximate surface area is 167 Å². The Bertz CT molecular complexity index is 356. The van der Waals surface area contributed by atoms with E-state index in [1.165, 1.54) is 10.2 Å². The van der Waals surface area contributed by atoms with Gasteiger partial charge in [0.15, 0.2) is 0 Å². The van der Waals surface area contributed by atoms with Gasteiger partial charge in [0.25, 0.3) is 0 Å². The summed E-state index contributed by atoms with van der Waals surface area (Å²) in [5, 5.41) is 0. The van der Waals surface area contributed by atoms with Gasteiger partial charge in [0.1, 0.15) is 0 Å². The van der Waals surface area contributed by atoms with Gasteiger partial charge in [0.2, 0.25) is 0 Å². The van der Waals surface area contributed by atoms with Crippen LogP contribution < -0.4 is 0 Å². The molecule has 0 amide bonds. The van der Waals surface area contributed by atoms with E-state index in [0.29, 0.717) is 17.6 Å². The summed E-state index contributed by atoms with van der Waals surface area (Å²) in [7, 11) is 2.96. The second-order valence-corrected chi connectivity index (χ2v) is 82.5. The molecule has 1 saturated heterocycles. The molecule has 8 unspecified atom stereocenters. The molecular formula is C12H46Si11. The van der Waals surface area contributed by atoms with E-state index in [2.05, 4.69) is 45.8 Å². The summed E-state index contributed by atoms with van der Waals surface area (Å²) >= 11 is 0. The van der Waals surface area contributed by atoms with Crippen LogP contribution in [0, 0.1) is 0 Å². The summed E-state index contributed by atoms with van der Waals surface area (Å²) in [5.41, 5.74) is 3.97. The zero-order valence-corrected chi connectivity index (χ0v) is 32.5. The Morgan fingerprint density at radius 2 is 1.83 bits per heavy atom. The molecule has 1 rings (SSSR count). The molecule has 0 aromatic rings. The maximum atomic E-state index is 3.06. The average molecular weight is 499 g/mol. The largest absolute Gasteiger partial charge is 0.0769 e. The molecule has 0 spiro atoms. The predicted molar refractivity (Wildman–Crippen MR) is 150 cm³/mol. The smallest absolute Gasteiger partial charge is 0.0240 e. The normalized spacial score (nSPS) is 40.3. The Morgan fingerprint density at radius 1 is 1.22 bits per heavy atom. The van der Waals surface area contributed by atoms with Gasteiger partial charge in [-0.1, -0.05) is 74.0 Å². The molecule has 0 radical (unpaired) electrons. The van der Waals surface area contributed by atoms with Gasteiger partial charge >= 0.3 is 0 Å². The SMILES string of the molecule is C[SiH2][SiH](C)C[SiH](C)[Si]1(C)[SiH](C)C[SiH]([SiH2][SiH](C)CC[SiH3])C([SiH3])[SiH]1C. The van der Waals surface area contributed by atoms with Gasteiger partial charge in [-0.25, -0.2) is 0 Å². The van der Waals surface area contributed by atoms with Crippen LogP contribution in [0.5, 0.6) is 0 Å². The molecule has 1 fully saturated rings. The summed E-state index contributed by atoms with van der Waals surface area (Å²) in [6, 6.07) is 3.44. The summed E-state index contributed by atoms with van der Waals surface area (Å²) < 4.78 is 0. The van der Waals surface area contributed by atoms with Crippen LogP contribution in [0.2, 0.25) is 74.0 Å². The Kier molecular flexibility index (Phi) is 10.8. The average Bonchev–Trinajstić information content (AvgIpc) is 2.50. The van der Waals surface area contributed by atoms with Gasteiger partial charge in [0.05, 0.1) is 0 Å². The van der Waals surface area contributed by atoms with Crippen LogP contribution in [0.4, 0.5) is 0 Å². The van der Waals surface area contributed by atoms with Gasteiger partial charge in [-0.2, -0.15) is 0 Å². The molecule has 1 heterocycles. The maximum Gasteiger partial charge on any atom is 0.0240 e. The van der Waals surface area contributed by atoms with Crippen molar-refractivity contribution in [3.63, 3.8) is 0 Å². The van der Waals surface area contributed by atoms with Crippen molar-refractivity contribution >= 4 is 94.6 Å². The lowest BCUT2D eigenvalue weighted by Gasteiger charge is -2.52. The fraction of sp³-hybridized carbons (Fsp3) is 1.00. The Morgan fingerprint density at radius 3 is 2.35 bits per heavy atom. The minimum Gasteiger partial charge on any atom is -0.0769 e. The standard InChI is InChI=1S/C12H46Si11/c1-15-18(3)10-19(4)23(7)20(5)11-22(12(14)21(23)6)16-17(2)9-8-13/h12,17-22H,8-11,15-16H2,1-7,13-14H3. The monoisotopic (exact) mass is 498 g/mol. The Hall–Kier alpha value is 2.39. The Balaban J connectivity index is 2.83. The van der Waals surface area contributed by atoms with E-state index in [0.717, 1.165) is 0 Å². The van der Waals surface area contributed by atoms with Gasteiger partial charge in [0, 0.05) is 84.3 Å². The van der Waals surface area contributed by atoms with E-state index in [4.69, 9.17) is 0 Å². The van der Waals surface area contributed by atoms with Crippen LogP contribution in [0.1, 0.15) is 0 Å². The van der Waals surface area contributed by atoms with Crippen molar-refractivity contribution in [2.24, 2.45) is 0 Å². The van der Waals surface area contributed by atoms with E-state index >= 15 is 0 Å². The molecule has 0 aromatic heterocycles. The van der Waals surface area contributed by atoms with Gasteiger partial charge < -0.3 is 0 Å². The van der Waals surface area contributed by atoms with E-state index in [-0.39, 0.29) is 49.9 Å². The number of hydrogen-bond acceptors (Lipinski definition) is 0. The molecule has 11 heteroatoms. The predicted octanol–water partition coefficient (Wildman–Crippen LogP) is -2.20. The van der Waals surface area contributed by atoms with Crippen LogP contribution in [-0.2, 0) is 0 Å². The molecular weight excluding hydrogens is 453 g/mol. The van der Waals surface area contributed by atoms with E-state index in [1.807, 2.05) is 11.3 Å². The zero-order valence-electron chi connectivity index (χ0n) is 17.8. The lowest BCUT2D eigenvalue weighted by atomic mass is 11.0. The van der Waals surface area contributed by atoms with Crippen molar-refractivity contribution in [3.8, 4) is 0 Å². The lowest BCUT2D eigenvalue weighted by molar-refractivity contribution is 1.42. The van der Waals surface area contributed by atoms with Gasteiger partial charge in [-0.05, 0) is 10.2 Å². The van der Waals surface area contributed by atoms with Crippen molar-refractivity contribution in [3.05, 3.63) is 0 Å². The van der Waals surface area contributed by atoms with Crippen molar-refractivity contribution in [1.82, 2.24) is 0 Å². The summed E-state index contributed by atoms with van der Waals surface area (Å²) in [6.45, 7) is 19.5. The number of hydrogen-bond donors (Lipinski definition) is 0. The molecule has 1 aliphatic rings. The topological polar surface area (TPSA) is 0 Å². The van der Waals surface area contributed by atoms with Gasteiger partial charge in [-0.15, -0.1) is 0 Å². The van der Waals surface area contributed by atoms with E-state index in [1.54, 1.807) is 27.1 Å². The van der Waals surface area contributed by atoms with Crippen LogP contribution in [-0.4, -0.2) is 94.6 Å². The summed E-state index contributed by atoms with van der Waals surface area (Å²) in [6.07, 6.45) is 0. The highest BCUT2D eigenvalue weighted by Gasteiger charge is 2.52. The second kappa shape index (κ2) is 10.7. The van der Waals surface area contributed by atoms with E-state index < -0.39 is 6.63 Å². The molecule has 0 saturated carbocycles. The first-order valence-electron chi connectivity index (χ1n) is 10.7. The first-order valence-corrected chi connectivity index (χ1v) is 43.6. The highest BCUT2D eigenvalue weighted by atomic mass is 29.9. The van der Waals surface area contributed by atoms with E-state index in [9.17, 15) is 0 Å². The van der Waals surface area contributed by atoms with Gasteiger partial charge in [-0.3, -0.25) is 0 Å². The molecule has 8 atom stereocenters. The van der Waals surface area contributed by atoms with Crippen LogP contribution in [0.3, 0.4) is 0 Å². The third kappa shape index (κ3) is 5.93. The summed E-state index contributed by atoms with van der Waals surface area (Å²) in [5.74, 6) is 0. The third-order valence-corrected chi connectivity index (χ3v) is 137.